The number of carbonyl (C=O) groups is 1. The summed E-state index contributed by atoms with van der Waals surface area (Å²) in [7, 11) is 0. The first-order valence-corrected chi connectivity index (χ1v) is 9.68. The van der Waals surface area contributed by atoms with Gasteiger partial charge in [-0.1, -0.05) is 69.0 Å². The van der Waals surface area contributed by atoms with Crippen molar-refractivity contribution in [2.75, 3.05) is 0 Å². The van der Waals surface area contributed by atoms with Crippen LogP contribution in [0.25, 0.3) is 6.08 Å². The zero-order valence-corrected chi connectivity index (χ0v) is 17.1. The van der Waals surface area contributed by atoms with Crippen LogP contribution in [0.3, 0.4) is 0 Å². The van der Waals surface area contributed by atoms with Crippen molar-refractivity contribution in [3.63, 3.8) is 0 Å². The predicted octanol–water partition coefficient (Wildman–Crippen LogP) is 6.68. The molecule has 1 unspecified atom stereocenters. The fourth-order valence-corrected chi connectivity index (χ4v) is 3.62. The first kappa shape index (κ1) is 20.9. The average molecular weight is 361 g/mol. The molecule has 0 aromatic heterocycles. The number of thiocarbonyl (C=S) groups is 1. The molecule has 3 heteroatoms. The Balaban J connectivity index is 0.000000351. The number of hydrogen-bond acceptors (Lipinski definition) is 3. The van der Waals surface area contributed by atoms with Crippen molar-refractivity contribution in [2.24, 2.45) is 5.92 Å². The lowest BCUT2D eigenvalue weighted by Gasteiger charge is -2.03. The van der Waals surface area contributed by atoms with E-state index in [1.807, 2.05) is 0 Å². The lowest BCUT2D eigenvalue weighted by molar-refractivity contribution is -0.117. The number of aryl methyl sites for hydroxylation is 2. The van der Waals surface area contributed by atoms with Crippen molar-refractivity contribution < 1.29 is 4.79 Å². The number of Topliss-reactive ketones (excluding diaryl/α,β-unsaturated/α-hetero) is 1. The third-order valence-electron chi connectivity index (χ3n) is 4.11. The van der Waals surface area contributed by atoms with E-state index in [-0.39, 0.29) is 0 Å². The summed E-state index contributed by atoms with van der Waals surface area (Å²) in [6.45, 7) is 14.2. The van der Waals surface area contributed by atoms with Crippen molar-refractivity contribution in [2.45, 2.75) is 53.9 Å². The molecule has 0 spiro atoms. The minimum Gasteiger partial charge on any atom is -0.300 e. The Morgan fingerprint density at radius 2 is 2.00 bits per heavy atom. The molecular formula is C21H28OS2. The van der Waals surface area contributed by atoms with Gasteiger partial charge in [0.25, 0.3) is 0 Å². The number of carbonyl (C=O) groups excluding carboxylic acids is 1. The third kappa shape index (κ3) is 6.37. The van der Waals surface area contributed by atoms with Crippen LogP contribution >= 0.6 is 24.0 Å². The second-order valence-electron chi connectivity index (χ2n) is 6.33. The molecule has 1 aromatic rings. The van der Waals surface area contributed by atoms with Gasteiger partial charge in [0.15, 0.2) is 0 Å². The molecule has 0 N–H and O–H groups in total. The number of ketones is 1. The second-order valence-corrected chi connectivity index (χ2v) is 8.11. The summed E-state index contributed by atoms with van der Waals surface area (Å²) in [5.41, 5.74) is 5.03. The lowest BCUT2D eigenvalue weighted by atomic mass is 10.0. The van der Waals surface area contributed by atoms with E-state index in [1.54, 1.807) is 18.7 Å². The van der Waals surface area contributed by atoms with Gasteiger partial charge >= 0.3 is 0 Å². The second kappa shape index (κ2) is 9.95. The number of hydrogen-bond donors (Lipinski definition) is 0. The average Bonchev–Trinajstić information content (AvgIpc) is 2.77. The molecular weight excluding hydrogens is 332 g/mol. The van der Waals surface area contributed by atoms with Gasteiger partial charge in [0.2, 0.25) is 0 Å². The van der Waals surface area contributed by atoms with Crippen LogP contribution in [-0.4, -0.2) is 9.98 Å². The molecule has 1 aliphatic rings. The Bertz CT molecular complexity index is 656. The molecule has 0 radical (unpaired) electrons. The van der Waals surface area contributed by atoms with E-state index in [4.69, 9.17) is 12.2 Å². The Hall–Kier alpha value is -1.19. The van der Waals surface area contributed by atoms with Crippen LogP contribution in [-0.2, 0) is 4.79 Å². The number of rotatable bonds is 4. The molecule has 24 heavy (non-hydrogen) atoms. The monoisotopic (exact) mass is 360 g/mol. The quantitative estimate of drug-likeness (QED) is 0.558. The highest BCUT2D eigenvalue weighted by atomic mass is 32.2. The standard InChI is InChI=1S/C15H16S2.C6H12O/c1-9-5-6-13(7-10(9)2)8-14-11(3)12(4)15(16)17-14;1-3-4-5-6(2)7/h5-8,12H,3H2,1-2,4H3;3-5H2,1-2H3/b14-8-;. The maximum Gasteiger partial charge on any atom is 0.129 e. The van der Waals surface area contributed by atoms with E-state index in [1.165, 1.54) is 21.6 Å². The summed E-state index contributed by atoms with van der Waals surface area (Å²) in [6, 6.07) is 6.52. The van der Waals surface area contributed by atoms with Gasteiger partial charge in [0.05, 0.1) is 4.20 Å². The van der Waals surface area contributed by atoms with Crippen LogP contribution in [0.1, 0.15) is 56.7 Å². The molecule has 1 aliphatic heterocycles. The zero-order chi connectivity index (χ0) is 18.3. The molecule has 130 valence electrons. The first-order valence-electron chi connectivity index (χ1n) is 8.45. The van der Waals surface area contributed by atoms with Crippen LogP contribution in [0.5, 0.6) is 0 Å². The van der Waals surface area contributed by atoms with Gasteiger partial charge in [-0.05, 0) is 55.5 Å². The van der Waals surface area contributed by atoms with Crippen LogP contribution in [0.2, 0.25) is 0 Å². The Morgan fingerprint density at radius 3 is 2.42 bits per heavy atom. The van der Waals surface area contributed by atoms with E-state index < -0.39 is 0 Å². The topological polar surface area (TPSA) is 17.1 Å². The number of benzene rings is 1. The Labute approximate surface area is 156 Å². The van der Waals surface area contributed by atoms with Crippen LogP contribution in [0, 0.1) is 19.8 Å². The SMILES string of the molecule is C=C1/C(=C/c2ccc(C)c(C)c2)SC(=S)C1C.CCCCC(C)=O. The normalized spacial score (nSPS) is 18.5. The molecule has 0 amide bonds. The summed E-state index contributed by atoms with van der Waals surface area (Å²) in [5, 5.41) is 0. The summed E-state index contributed by atoms with van der Waals surface area (Å²) >= 11 is 7.00. The molecule has 0 saturated carbocycles. The smallest absolute Gasteiger partial charge is 0.129 e. The van der Waals surface area contributed by atoms with Crippen molar-refractivity contribution >= 4 is 40.0 Å². The van der Waals surface area contributed by atoms with Crippen molar-refractivity contribution in [3.05, 3.63) is 51.9 Å². The zero-order valence-electron chi connectivity index (χ0n) is 15.4. The van der Waals surface area contributed by atoms with Crippen molar-refractivity contribution in [3.8, 4) is 0 Å². The molecule has 1 heterocycles. The van der Waals surface area contributed by atoms with Gasteiger partial charge in [-0.15, -0.1) is 0 Å². The number of unbranched alkanes of at least 4 members (excludes halogenated alkanes) is 1. The summed E-state index contributed by atoms with van der Waals surface area (Å²) < 4.78 is 1.03. The molecule has 1 aromatic carbocycles. The molecule has 0 aliphatic carbocycles. The van der Waals surface area contributed by atoms with Gasteiger partial charge in [-0.25, -0.2) is 0 Å². The summed E-state index contributed by atoms with van der Waals surface area (Å²) in [5.74, 6) is 0.634. The van der Waals surface area contributed by atoms with Gasteiger partial charge in [-0.2, -0.15) is 0 Å². The fraction of sp³-hybridized carbons (Fsp3) is 0.429. The highest BCUT2D eigenvalue weighted by Crippen LogP contribution is 2.42. The molecule has 1 saturated heterocycles. The Kier molecular flexibility index (Phi) is 8.65. The minimum atomic E-state index is 0.307. The van der Waals surface area contributed by atoms with E-state index in [0.717, 1.165) is 29.0 Å². The summed E-state index contributed by atoms with van der Waals surface area (Å²) in [4.78, 5) is 11.4. The highest BCUT2D eigenvalue weighted by Gasteiger charge is 2.25. The summed E-state index contributed by atoms with van der Waals surface area (Å²) in [6.07, 6.45) is 5.13. The van der Waals surface area contributed by atoms with Gasteiger partial charge < -0.3 is 4.79 Å². The number of thioether (sulfide) groups is 1. The largest absolute Gasteiger partial charge is 0.300 e. The highest BCUT2D eigenvalue weighted by molar-refractivity contribution is 8.26. The molecule has 1 fully saturated rings. The third-order valence-corrected chi connectivity index (χ3v) is 5.87. The van der Waals surface area contributed by atoms with Crippen LogP contribution < -0.4 is 0 Å². The van der Waals surface area contributed by atoms with Gasteiger partial charge in [0, 0.05) is 17.2 Å². The molecule has 1 atom stereocenters. The van der Waals surface area contributed by atoms with Crippen molar-refractivity contribution in [1.29, 1.82) is 0 Å². The minimum absolute atomic E-state index is 0.307. The van der Waals surface area contributed by atoms with Gasteiger partial charge in [0.1, 0.15) is 5.78 Å². The Morgan fingerprint density at radius 1 is 1.33 bits per heavy atom. The lowest BCUT2D eigenvalue weighted by Crippen LogP contribution is -1.96. The maximum absolute atomic E-state index is 10.2. The van der Waals surface area contributed by atoms with E-state index in [9.17, 15) is 4.79 Å². The number of allylic oxidation sites excluding steroid dienone is 1. The van der Waals surface area contributed by atoms with E-state index in [0.29, 0.717) is 11.7 Å². The first-order chi connectivity index (χ1) is 11.3. The molecule has 2 rings (SSSR count). The molecule has 0 bridgehead atoms. The van der Waals surface area contributed by atoms with Crippen LogP contribution in [0.15, 0.2) is 35.3 Å². The molecule has 1 nitrogen and oxygen atoms in total. The van der Waals surface area contributed by atoms with E-state index in [2.05, 4.69) is 58.5 Å². The predicted molar refractivity (Wildman–Crippen MR) is 113 cm³/mol. The maximum atomic E-state index is 10.2. The fourth-order valence-electron chi connectivity index (χ4n) is 2.17. The van der Waals surface area contributed by atoms with Gasteiger partial charge in [-0.3, -0.25) is 0 Å². The van der Waals surface area contributed by atoms with Crippen LogP contribution in [0.4, 0.5) is 0 Å². The van der Waals surface area contributed by atoms with Crippen molar-refractivity contribution in [1.82, 2.24) is 0 Å². The van der Waals surface area contributed by atoms with E-state index >= 15 is 0 Å².